The second-order valence-corrected chi connectivity index (χ2v) is 7.59. The van der Waals surface area contributed by atoms with E-state index >= 15 is 0 Å². The fourth-order valence-electron chi connectivity index (χ4n) is 3.57. The third-order valence-corrected chi connectivity index (χ3v) is 5.31. The number of carbonyl (C=O) groups is 2. The molecule has 5 heteroatoms. The Hall–Kier alpha value is -3.60. The van der Waals surface area contributed by atoms with Gasteiger partial charge in [0, 0.05) is 11.1 Å². The summed E-state index contributed by atoms with van der Waals surface area (Å²) in [6.07, 6.45) is 13.6. The van der Waals surface area contributed by atoms with E-state index in [-0.39, 0.29) is 18.0 Å². The van der Waals surface area contributed by atoms with Gasteiger partial charge in [-0.15, -0.1) is 5.98 Å². The van der Waals surface area contributed by atoms with Crippen LogP contribution >= 0.6 is 0 Å². The Labute approximate surface area is 190 Å². The fourth-order valence-corrected chi connectivity index (χ4v) is 3.57. The molecule has 0 aliphatic carbocycles. The van der Waals surface area contributed by atoms with Crippen molar-refractivity contribution in [3.05, 3.63) is 106 Å². The lowest BCUT2D eigenvalue weighted by molar-refractivity contribution is -0.115. The Bertz CT molecular complexity index is 1170. The van der Waals surface area contributed by atoms with E-state index in [1.807, 2.05) is 101 Å². The van der Waals surface area contributed by atoms with Crippen molar-refractivity contribution in [1.82, 2.24) is 0 Å². The first kappa shape index (κ1) is 23.1. The van der Waals surface area contributed by atoms with Crippen LogP contribution in [0.2, 0.25) is 0 Å². The van der Waals surface area contributed by atoms with Crippen LogP contribution in [-0.4, -0.2) is 30.8 Å². The highest BCUT2D eigenvalue weighted by atomic mass is 16.1. The largest absolute Gasteiger partial charge is 0.294 e. The van der Waals surface area contributed by atoms with Crippen LogP contribution in [0.25, 0.3) is 0 Å². The van der Waals surface area contributed by atoms with Crippen LogP contribution in [0.1, 0.15) is 44.7 Å². The third kappa shape index (κ3) is 5.17. The number of ketones is 2. The van der Waals surface area contributed by atoms with Crippen molar-refractivity contribution in [2.75, 3.05) is 0 Å². The molecule has 0 radical (unpaired) electrons. The minimum atomic E-state index is 0.0520. The second kappa shape index (κ2) is 10.6. The van der Waals surface area contributed by atoms with Gasteiger partial charge in [-0.3, -0.25) is 19.6 Å². The maximum atomic E-state index is 12.8. The zero-order valence-electron chi connectivity index (χ0n) is 19.1. The number of hydrogen-bond acceptors (Lipinski definition) is 4. The maximum Gasteiger partial charge on any atom is 0.170 e. The van der Waals surface area contributed by atoms with Gasteiger partial charge in [-0.1, -0.05) is 54.6 Å². The average molecular weight is 422 g/mol. The number of benzene rings is 1. The van der Waals surface area contributed by atoms with Gasteiger partial charge < -0.3 is 0 Å². The van der Waals surface area contributed by atoms with Crippen molar-refractivity contribution in [3.8, 4) is 0 Å². The van der Waals surface area contributed by atoms with Crippen LogP contribution in [0.4, 0.5) is 0 Å². The van der Waals surface area contributed by atoms with Gasteiger partial charge in [0.2, 0.25) is 0 Å². The zero-order valence-corrected chi connectivity index (χ0v) is 19.1. The molecule has 0 amide bonds. The smallest absolute Gasteiger partial charge is 0.170 e. The molecule has 0 unspecified atom stereocenters. The van der Waals surface area contributed by atoms with E-state index in [1.165, 1.54) is 0 Å². The van der Waals surface area contributed by atoms with Crippen molar-refractivity contribution in [1.29, 1.82) is 0 Å². The predicted molar refractivity (Wildman–Crippen MR) is 135 cm³/mol. The van der Waals surface area contributed by atoms with Crippen LogP contribution in [0.15, 0.2) is 105 Å². The van der Waals surface area contributed by atoms with Crippen molar-refractivity contribution in [2.24, 2.45) is 9.98 Å². The highest BCUT2D eigenvalue weighted by molar-refractivity contribution is 6.20. The molecule has 2 heterocycles. The van der Waals surface area contributed by atoms with E-state index in [4.69, 9.17) is 4.99 Å². The number of Topliss-reactive ketones (excluding diaryl/α,β-unsaturated/α-hetero) is 2. The lowest BCUT2D eigenvalue weighted by Crippen LogP contribution is -2.18. The third-order valence-electron chi connectivity index (χ3n) is 5.31. The van der Waals surface area contributed by atoms with Gasteiger partial charge in [-0.25, -0.2) is 0 Å². The topological polar surface area (TPSA) is 58.9 Å². The van der Waals surface area contributed by atoms with Gasteiger partial charge in [-0.2, -0.15) is 0 Å². The van der Waals surface area contributed by atoms with Crippen molar-refractivity contribution < 1.29 is 9.59 Å². The molecule has 2 aliphatic heterocycles. The summed E-state index contributed by atoms with van der Waals surface area (Å²) in [5.74, 6) is 2.07. The summed E-state index contributed by atoms with van der Waals surface area (Å²) >= 11 is 0. The standard InChI is InChI=1S/C27H27BN2O2/c1-4-8-21-23(10-6-7-15-28)30-25(17-27(21)32)20-13-11-19(12-14-20)24-16-26(31)18(3)22(29-24)9-5-2/h4-15H,16-17,28H2,1-3H3/b8-4-,9-5-,10-6-,15-7+. The molecule has 32 heavy (non-hydrogen) atoms. The van der Waals surface area contributed by atoms with Crippen molar-refractivity contribution in [2.45, 2.75) is 33.6 Å². The lowest BCUT2D eigenvalue weighted by atomic mass is 9.93. The molecule has 1 aromatic rings. The Kier molecular flexibility index (Phi) is 7.66. The van der Waals surface area contributed by atoms with Crippen molar-refractivity contribution in [3.63, 3.8) is 0 Å². The monoisotopic (exact) mass is 422 g/mol. The molecule has 0 atom stereocenters. The number of rotatable bonds is 6. The van der Waals surface area contributed by atoms with Gasteiger partial charge in [0.05, 0.1) is 35.7 Å². The van der Waals surface area contributed by atoms with Crippen LogP contribution < -0.4 is 0 Å². The van der Waals surface area contributed by atoms with Crippen molar-refractivity contribution >= 4 is 30.8 Å². The highest BCUT2D eigenvalue weighted by Gasteiger charge is 2.22. The summed E-state index contributed by atoms with van der Waals surface area (Å²) in [7, 11) is 1.94. The Morgan fingerprint density at radius 1 is 0.781 bits per heavy atom. The van der Waals surface area contributed by atoms with Crippen LogP contribution in [-0.2, 0) is 9.59 Å². The number of aliphatic imine (C=N–C) groups is 2. The van der Waals surface area contributed by atoms with E-state index in [1.54, 1.807) is 0 Å². The first-order valence-electron chi connectivity index (χ1n) is 10.8. The molecule has 0 bridgehead atoms. The lowest BCUT2D eigenvalue weighted by Gasteiger charge is -2.17. The molecule has 0 fully saturated rings. The van der Waals surface area contributed by atoms with Crippen LogP contribution in [0, 0.1) is 0 Å². The van der Waals surface area contributed by atoms with E-state index in [2.05, 4.69) is 4.99 Å². The first-order valence-corrected chi connectivity index (χ1v) is 10.8. The van der Waals surface area contributed by atoms with Gasteiger partial charge in [0.1, 0.15) is 7.85 Å². The Morgan fingerprint density at radius 3 is 1.91 bits per heavy atom. The van der Waals surface area contributed by atoms with E-state index in [9.17, 15) is 9.59 Å². The maximum absolute atomic E-state index is 12.8. The molecule has 0 spiro atoms. The number of nitrogens with zero attached hydrogens (tertiary/aromatic N) is 2. The molecule has 160 valence electrons. The predicted octanol–water partition coefficient (Wildman–Crippen LogP) is 4.59. The van der Waals surface area contributed by atoms with Gasteiger partial charge in [0.25, 0.3) is 0 Å². The van der Waals surface area contributed by atoms with Crippen LogP contribution in [0.5, 0.6) is 0 Å². The fraction of sp³-hybridized carbons (Fsp3) is 0.185. The second-order valence-electron chi connectivity index (χ2n) is 7.59. The number of hydrogen-bond donors (Lipinski definition) is 0. The van der Waals surface area contributed by atoms with Gasteiger partial charge in [0.15, 0.2) is 11.6 Å². The summed E-state index contributed by atoms with van der Waals surface area (Å²) in [5, 5.41) is 0. The van der Waals surface area contributed by atoms with E-state index in [0.29, 0.717) is 29.0 Å². The van der Waals surface area contributed by atoms with E-state index < -0.39 is 0 Å². The molecular formula is C27H27BN2O2. The minimum Gasteiger partial charge on any atom is -0.294 e. The normalized spacial score (nSPS) is 18.1. The summed E-state index contributed by atoms with van der Waals surface area (Å²) < 4.78 is 0. The number of allylic oxidation sites excluding steroid dienone is 9. The average Bonchev–Trinajstić information content (AvgIpc) is 2.79. The van der Waals surface area contributed by atoms with Gasteiger partial charge in [-0.05, 0) is 44.1 Å². The first-order chi connectivity index (χ1) is 15.5. The molecule has 0 saturated heterocycles. The highest BCUT2D eigenvalue weighted by Crippen LogP contribution is 2.24. The molecule has 0 saturated carbocycles. The summed E-state index contributed by atoms with van der Waals surface area (Å²) in [6.45, 7) is 5.62. The summed E-state index contributed by atoms with van der Waals surface area (Å²) in [5.41, 5.74) is 5.98. The minimum absolute atomic E-state index is 0.0520. The quantitative estimate of drug-likeness (QED) is 0.497. The molecule has 4 nitrogen and oxygen atoms in total. The molecule has 3 rings (SSSR count). The Morgan fingerprint density at radius 2 is 1.34 bits per heavy atom. The van der Waals surface area contributed by atoms with Gasteiger partial charge >= 0.3 is 0 Å². The Balaban J connectivity index is 1.95. The number of carbonyl (C=O) groups excluding carboxylic acids is 2. The summed E-state index contributed by atoms with van der Waals surface area (Å²) in [4.78, 5) is 34.6. The zero-order chi connectivity index (χ0) is 23.1. The molecular weight excluding hydrogens is 395 g/mol. The van der Waals surface area contributed by atoms with Crippen LogP contribution in [0.3, 0.4) is 0 Å². The summed E-state index contributed by atoms with van der Waals surface area (Å²) in [6, 6.07) is 7.79. The molecule has 2 aliphatic rings. The van der Waals surface area contributed by atoms with E-state index in [0.717, 1.165) is 22.6 Å². The SMILES string of the molecule is B/C=C/C=C\C1=C(/C=C\C)C(=O)CC(c2ccc(C3=NC(/C=C\C)=C(C)C(=O)C3)cc2)=N1. The molecule has 0 aromatic heterocycles. The molecule has 0 N–H and O–H groups in total. The molecule has 1 aromatic carbocycles.